The van der Waals surface area contributed by atoms with Gasteiger partial charge in [0.1, 0.15) is 0 Å². The molecule has 1 unspecified atom stereocenters. The van der Waals surface area contributed by atoms with Crippen molar-refractivity contribution in [2.24, 2.45) is 5.92 Å². The lowest BCUT2D eigenvalue weighted by atomic mass is 9.98. The molecule has 17 heavy (non-hydrogen) atoms. The third-order valence-corrected chi connectivity index (χ3v) is 3.30. The number of unbranched alkanes of at least 4 members (excludes halogenated alkanes) is 2. The van der Waals surface area contributed by atoms with E-state index in [4.69, 9.17) is 4.74 Å². The lowest BCUT2D eigenvalue weighted by molar-refractivity contribution is -0.149. The van der Waals surface area contributed by atoms with Crippen molar-refractivity contribution < 1.29 is 14.3 Å². The first kappa shape index (κ1) is 14.0. The molecule has 0 aromatic carbocycles. The van der Waals surface area contributed by atoms with Crippen LogP contribution < -0.4 is 0 Å². The number of hydrogen-bond donors (Lipinski definition) is 0. The number of rotatable bonds is 5. The number of ether oxygens (including phenoxy) is 1. The number of carbonyl (C=O) groups is 2. The number of carbonyl (C=O) groups excluding carboxylic acids is 2. The number of methoxy groups -OCH3 is 1. The molecule has 0 aromatic rings. The van der Waals surface area contributed by atoms with Gasteiger partial charge < -0.3 is 9.64 Å². The summed E-state index contributed by atoms with van der Waals surface area (Å²) < 4.78 is 4.74. The Bertz CT molecular complexity index is 265. The normalized spacial score (nSPS) is 20.1. The van der Waals surface area contributed by atoms with E-state index in [1.807, 2.05) is 4.90 Å². The summed E-state index contributed by atoms with van der Waals surface area (Å²) in [5.41, 5.74) is 0. The van der Waals surface area contributed by atoms with Crippen LogP contribution in [-0.4, -0.2) is 37.0 Å². The molecule has 1 fully saturated rings. The second kappa shape index (κ2) is 7.30. The van der Waals surface area contributed by atoms with Gasteiger partial charge in [0.2, 0.25) is 5.91 Å². The highest BCUT2D eigenvalue weighted by atomic mass is 16.5. The summed E-state index contributed by atoms with van der Waals surface area (Å²) in [6.45, 7) is 3.45. The molecule has 1 aliphatic rings. The molecule has 1 saturated heterocycles. The zero-order valence-corrected chi connectivity index (χ0v) is 10.9. The fourth-order valence-corrected chi connectivity index (χ4v) is 2.25. The summed E-state index contributed by atoms with van der Waals surface area (Å²) in [6.07, 6.45) is 5.53. The highest BCUT2D eigenvalue weighted by Gasteiger charge is 2.28. The summed E-state index contributed by atoms with van der Waals surface area (Å²) in [6, 6.07) is 0. The fourth-order valence-electron chi connectivity index (χ4n) is 2.25. The molecule has 4 nitrogen and oxygen atoms in total. The standard InChI is InChI=1S/C13H23NO3/c1-3-4-5-8-12(15)14-9-6-7-11(10-14)13(16)17-2/h11H,3-10H2,1-2H3. The van der Waals surface area contributed by atoms with Gasteiger partial charge in [0, 0.05) is 19.5 Å². The Hall–Kier alpha value is -1.06. The molecule has 1 heterocycles. The lowest BCUT2D eigenvalue weighted by Crippen LogP contribution is -2.42. The Morgan fingerprint density at radius 2 is 2.12 bits per heavy atom. The summed E-state index contributed by atoms with van der Waals surface area (Å²) in [4.78, 5) is 25.2. The minimum absolute atomic E-state index is 0.121. The van der Waals surface area contributed by atoms with Crippen LogP contribution >= 0.6 is 0 Å². The summed E-state index contributed by atoms with van der Waals surface area (Å²) in [5, 5.41) is 0. The first-order valence-corrected chi connectivity index (χ1v) is 6.54. The first-order chi connectivity index (χ1) is 8.19. The summed E-state index contributed by atoms with van der Waals surface area (Å²) >= 11 is 0. The van der Waals surface area contributed by atoms with Gasteiger partial charge >= 0.3 is 5.97 Å². The topological polar surface area (TPSA) is 46.6 Å². The number of likely N-dealkylation sites (tertiary alicyclic amines) is 1. The van der Waals surface area contributed by atoms with Crippen molar-refractivity contribution >= 4 is 11.9 Å². The van der Waals surface area contributed by atoms with Crippen LogP contribution in [0.5, 0.6) is 0 Å². The smallest absolute Gasteiger partial charge is 0.310 e. The van der Waals surface area contributed by atoms with Gasteiger partial charge in [0.25, 0.3) is 0 Å². The molecule has 0 N–H and O–H groups in total. The van der Waals surface area contributed by atoms with Crippen LogP contribution in [0.4, 0.5) is 0 Å². The molecule has 0 spiro atoms. The second-order valence-corrected chi connectivity index (χ2v) is 4.66. The van der Waals surface area contributed by atoms with Gasteiger partial charge in [-0.2, -0.15) is 0 Å². The van der Waals surface area contributed by atoms with E-state index in [0.29, 0.717) is 13.0 Å². The summed E-state index contributed by atoms with van der Waals surface area (Å²) in [7, 11) is 1.41. The van der Waals surface area contributed by atoms with Crippen molar-refractivity contribution in [2.75, 3.05) is 20.2 Å². The maximum absolute atomic E-state index is 11.9. The third kappa shape index (κ3) is 4.36. The number of esters is 1. The first-order valence-electron chi connectivity index (χ1n) is 6.54. The molecule has 0 radical (unpaired) electrons. The zero-order chi connectivity index (χ0) is 12.7. The van der Waals surface area contributed by atoms with Crippen molar-refractivity contribution in [3.05, 3.63) is 0 Å². The van der Waals surface area contributed by atoms with E-state index < -0.39 is 0 Å². The second-order valence-electron chi connectivity index (χ2n) is 4.66. The van der Waals surface area contributed by atoms with Crippen LogP contribution in [0, 0.1) is 5.92 Å². The van der Waals surface area contributed by atoms with E-state index in [1.54, 1.807) is 0 Å². The van der Waals surface area contributed by atoms with Crippen LogP contribution in [0.3, 0.4) is 0 Å². The maximum atomic E-state index is 11.9. The van der Waals surface area contributed by atoms with Crippen LogP contribution in [0.25, 0.3) is 0 Å². The molecule has 1 rings (SSSR count). The van der Waals surface area contributed by atoms with Gasteiger partial charge in [-0.1, -0.05) is 19.8 Å². The zero-order valence-electron chi connectivity index (χ0n) is 10.9. The molecule has 1 atom stereocenters. The van der Waals surface area contributed by atoms with Crippen molar-refractivity contribution in [1.29, 1.82) is 0 Å². The van der Waals surface area contributed by atoms with Crippen LogP contribution in [0.15, 0.2) is 0 Å². The Morgan fingerprint density at radius 3 is 2.76 bits per heavy atom. The molecule has 4 heteroatoms. The highest BCUT2D eigenvalue weighted by molar-refractivity contribution is 5.78. The lowest BCUT2D eigenvalue weighted by Gasteiger charge is -2.31. The number of hydrogen-bond acceptors (Lipinski definition) is 3. The van der Waals surface area contributed by atoms with Crippen molar-refractivity contribution in [1.82, 2.24) is 4.90 Å². The average Bonchev–Trinajstić information content (AvgIpc) is 2.38. The van der Waals surface area contributed by atoms with Gasteiger partial charge in [0.05, 0.1) is 13.0 Å². The summed E-state index contributed by atoms with van der Waals surface area (Å²) in [5.74, 6) is -0.119. The molecule has 1 amide bonds. The van der Waals surface area contributed by atoms with Gasteiger partial charge in [-0.15, -0.1) is 0 Å². The maximum Gasteiger partial charge on any atom is 0.310 e. The van der Waals surface area contributed by atoms with E-state index >= 15 is 0 Å². The monoisotopic (exact) mass is 241 g/mol. The average molecular weight is 241 g/mol. The minimum atomic E-state index is -0.184. The Morgan fingerprint density at radius 1 is 1.35 bits per heavy atom. The predicted octanol–water partition coefficient (Wildman–Crippen LogP) is 1.98. The highest BCUT2D eigenvalue weighted by Crippen LogP contribution is 2.18. The minimum Gasteiger partial charge on any atom is -0.469 e. The van der Waals surface area contributed by atoms with Gasteiger partial charge in [-0.05, 0) is 19.3 Å². The van der Waals surface area contributed by atoms with Crippen molar-refractivity contribution in [3.8, 4) is 0 Å². The van der Waals surface area contributed by atoms with E-state index in [0.717, 1.165) is 38.6 Å². The van der Waals surface area contributed by atoms with E-state index in [9.17, 15) is 9.59 Å². The predicted molar refractivity (Wildman–Crippen MR) is 65.5 cm³/mol. The Balaban J connectivity index is 2.37. The van der Waals surface area contributed by atoms with Gasteiger partial charge in [-0.25, -0.2) is 0 Å². The van der Waals surface area contributed by atoms with Crippen molar-refractivity contribution in [2.45, 2.75) is 45.4 Å². The number of nitrogens with zero attached hydrogens (tertiary/aromatic N) is 1. The van der Waals surface area contributed by atoms with E-state index in [1.165, 1.54) is 7.11 Å². The van der Waals surface area contributed by atoms with Crippen molar-refractivity contribution in [3.63, 3.8) is 0 Å². The Labute approximate surface area is 103 Å². The molecule has 0 saturated carbocycles. The number of amides is 1. The molecule has 0 bridgehead atoms. The van der Waals surface area contributed by atoms with Crippen LogP contribution in [-0.2, 0) is 14.3 Å². The Kier molecular flexibility index (Phi) is 6.01. The van der Waals surface area contributed by atoms with Gasteiger partial charge in [0.15, 0.2) is 0 Å². The van der Waals surface area contributed by atoms with Crippen LogP contribution in [0.2, 0.25) is 0 Å². The molecular formula is C13H23NO3. The van der Waals surface area contributed by atoms with E-state index in [-0.39, 0.29) is 17.8 Å². The van der Waals surface area contributed by atoms with Crippen LogP contribution in [0.1, 0.15) is 45.4 Å². The van der Waals surface area contributed by atoms with E-state index in [2.05, 4.69) is 6.92 Å². The SMILES string of the molecule is CCCCCC(=O)N1CCCC(C(=O)OC)C1. The largest absolute Gasteiger partial charge is 0.469 e. The molecular weight excluding hydrogens is 218 g/mol. The fraction of sp³-hybridized carbons (Fsp3) is 0.846. The number of piperidine rings is 1. The molecule has 0 aromatic heterocycles. The third-order valence-electron chi connectivity index (χ3n) is 3.30. The molecule has 1 aliphatic heterocycles. The molecule has 98 valence electrons. The molecule has 0 aliphatic carbocycles. The van der Waals surface area contributed by atoms with Gasteiger partial charge in [-0.3, -0.25) is 9.59 Å². The quantitative estimate of drug-likeness (QED) is 0.546.